The fourth-order valence-corrected chi connectivity index (χ4v) is 4.17. The van der Waals surface area contributed by atoms with Crippen LogP contribution in [-0.2, 0) is 7.05 Å². The lowest BCUT2D eigenvalue weighted by Crippen LogP contribution is -2.37. The van der Waals surface area contributed by atoms with Crippen LogP contribution in [0.15, 0.2) is 4.79 Å². The van der Waals surface area contributed by atoms with Crippen molar-refractivity contribution >= 4 is 23.1 Å². The van der Waals surface area contributed by atoms with E-state index < -0.39 is 16.3 Å². The van der Waals surface area contributed by atoms with Crippen molar-refractivity contribution in [3.63, 3.8) is 0 Å². The Morgan fingerprint density at radius 1 is 1.50 bits per heavy atom. The number of aryl methyl sites for hydroxylation is 1. The minimum absolute atomic E-state index is 0.0164. The zero-order chi connectivity index (χ0) is 16.0. The Hall–Kier alpha value is -1.67. The molecule has 0 aromatic carbocycles. The molecule has 2 fully saturated rings. The molecule has 2 N–H and O–H groups in total. The van der Waals surface area contributed by atoms with Crippen LogP contribution in [0.4, 0.5) is 11.5 Å². The first kappa shape index (κ1) is 15.2. The first-order chi connectivity index (χ1) is 10.4. The van der Waals surface area contributed by atoms with Crippen LogP contribution in [0.3, 0.4) is 0 Å². The highest BCUT2D eigenvalue weighted by atomic mass is 35.5. The molecule has 120 valence electrons. The summed E-state index contributed by atoms with van der Waals surface area (Å²) < 4.78 is 0.857. The molecule has 0 radical (unpaired) electrons. The van der Waals surface area contributed by atoms with Gasteiger partial charge in [0, 0.05) is 18.6 Å². The third-order valence-electron chi connectivity index (χ3n) is 4.95. The summed E-state index contributed by atoms with van der Waals surface area (Å²) in [5, 5.41) is 27.3. The molecule has 2 aliphatic rings. The van der Waals surface area contributed by atoms with Crippen molar-refractivity contribution in [1.82, 2.24) is 9.78 Å². The van der Waals surface area contributed by atoms with Gasteiger partial charge in [0.05, 0.1) is 12.1 Å². The molecule has 4 atom stereocenters. The summed E-state index contributed by atoms with van der Waals surface area (Å²) in [6.07, 6.45) is 3.08. The highest BCUT2D eigenvalue weighted by Gasteiger charge is 2.48. The largest absolute Gasteiger partial charge is 0.413 e. The predicted octanol–water partition coefficient (Wildman–Crippen LogP) is 1.16. The molecular weight excluding hydrogens is 312 g/mol. The van der Waals surface area contributed by atoms with E-state index in [0.29, 0.717) is 11.8 Å². The van der Waals surface area contributed by atoms with Crippen LogP contribution < -0.4 is 10.9 Å². The molecule has 8 nitrogen and oxygen atoms in total. The minimum Gasteiger partial charge on any atom is -0.396 e. The zero-order valence-corrected chi connectivity index (χ0v) is 12.8. The summed E-state index contributed by atoms with van der Waals surface area (Å²) in [6.45, 7) is 0.0164. The van der Waals surface area contributed by atoms with Crippen LogP contribution in [0.1, 0.15) is 19.3 Å². The molecule has 22 heavy (non-hydrogen) atoms. The Labute approximate surface area is 131 Å². The molecule has 0 aliphatic heterocycles. The van der Waals surface area contributed by atoms with E-state index in [2.05, 4.69) is 10.4 Å². The Morgan fingerprint density at radius 2 is 2.18 bits per heavy atom. The second-order valence-corrected chi connectivity index (χ2v) is 6.43. The molecule has 1 aromatic rings. The maximum Gasteiger partial charge on any atom is 0.413 e. The van der Waals surface area contributed by atoms with Crippen molar-refractivity contribution in [3.05, 3.63) is 25.5 Å². The van der Waals surface area contributed by atoms with E-state index in [9.17, 15) is 20.0 Å². The number of nitrogens with zero attached hydrogens (tertiary/aromatic N) is 3. The lowest BCUT2D eigenvalue weighted by atomic mass is 9.85. The number of anilines is 1. The number of nitro groups is 1. The Morgan fingerprint density at radius 3 is 2.82 bits per heavy atom. The summed E-state index contributed by atoms with van der Waals surface area (Å²) in [5.74, 6) is 0.316. The first-order valence-electron chi connectivity index (χ1n) is 7.22. The third-order valence-corrected chi connectivity index (χ3v) is 5.30. The Kier molecular flexibility index (Phi) is 3.82. The van der Waals surface area contributed by atoms with Gasteiger partial charge in [0.1, 0.15) is 5.02 Å². The molecule has 9 heteroatoms. The number of hydrogen-bond acceptors (Lipinski definition) is 6. The lowest BCUT2D eigenvalue weighted by Gasteiger charge is -2.31. The van der Waals surface area contributed by atoms with Gasteiger partial charge in [-0.3, -0.25) is 4.79 Å². The fourth-order valence-electron chi connectivity index (χ4n) is 3.91. The van der Waals surface area contributed by atoms with Crippen LogP contribution in [0, 0.1) is 27.9 Å². The normalized spacial score (nSPS) is 29.8. The second kappa shape index (κ2) is 5.51. The summed E-state index contributed by atoms with van der Waals surface area (Å²) in [4.78, 5) is 22.4. The molecule has 1 heterocycles. The van der Waals surface area contributed by atoms with E-state index in [4.69, 9.17) is 11.6 Å². The zero-order valence-electron chi connectivity index (χ0n) is 12.0. The van der Waals surface area contributed by atoms with Gasteiger partial charge in [-0.25, -0.2) is 0 Å². The molecule has 0 unspecified atom stereocenters. The highest BCUT2D eigenvalue weighted by molar-refractivity contribution is 6.33. The predicted molar refractivity (Wildman–Crippen MR) is 80.0 cm³/mol. The first-order valence-corrected chi connectivity index (χ1v) is 7.60. The van der Waals surface area contributed by atoms with Crippen LogP contribution in [-0.4, -0.2) is 32.5 Å². The number of halogens is 1. The van der Waals surface area contributed by atoms with Gasteiger partial charge in [0.15, 0.2) is 5.69 Å². The summed E-state index contributed by atoms with van der Waals surface area (Å²) in [5.41, 5.74) is -0.621. The van der Waals surface area contributed by atoms with Crippen molar-refractivity contribution in [1.29, 1.82) is 0 Å². The van der Waals surface area contributed by atoms with Crippen molar-refractivity contribution < 1.29 is 10.0 Å². The quantitative estimate of drug-likeness (QED) is 0.634. The van der Waals surface area contributed by atoms with E-state index in [0.717, 1.165) is 23.9 Å². The van der Waals surface area contributed by atoms with Crippen molar-refractivity contribution in [2.45, 2.75) is 25.3 Å². The van der Waals surface area contributed by atoms with Gasteiger partial charge in [-0.15, -0.1) is 4.68 Å². The third kappa shape index (κ3) is 2.26. The molecule has 2 saturated carbocycles. The van der Waals surface area contributed by atoms with Crippen LogP contribution in [0.5, 0.6) is 0 Å². The average Bonchev–Trinajstić information content (AvgIpc) is 3.08. The molecule has 1 aromatic heterocycles. The smallest absolute Gasteiger partial charge is 0.396 e. The maximum atomic E-state index is 11.9. The Bertz CT molecular complexity index is 677. The van der Waals surface area contributed by atoms with Gasteiger partial charge < -0.3 is 20.5 Å². The molecule has 3 rings (SSSR count). The van der Waals surface area contributed by atoms with E-state index in [1.54, 1.807) is 0 Å². The number of hydrogen-bond donors (Lipinski definition) is 2. The van der Waals surface area contributed by atoms with Crippen molar-refractivity contribution in [2.75, 3.05) is 11.9 Å². The lowest BCUT2D eigenvalue weighted by molar-refractivity contribution is -0.389. The van der Waals surface area contributed by atoms with Crippen LogP contribution in [0.2, 0.25) is 5.02 Å². The number of rotatable bonds is 4. The van der Waals surface area contributed by atoms with Crippen molar-refractivity contribution in [3.8, 4) is 0 Å². The molecular formula is C13H17ClN4O4. The monoisotopic (exact) mass is 328 g/mol. The maximum absolute atomic E-state index is 11.9. The molecule has 2 aliphatic carbocycles. The summed E-state index contributed by atoms with van der Waals surface area (Å²) >= 11 is 6.02. The summed E-state index contributed by atoms with van der Waals surface area (Å²) in [6, 6.07) is -0.117. The van der Waals surface area contributed by atoms with Crippen LogP contribution >= 0.6 is 11.6 Å². The van der Waals surface area contributed by atoms with Gasteiger partial charge in [0.25, 0.3) is 0 Å². The van der Waals surface area contributed by atoms with E-state index >= 15 is 0 Å². The van der Waals surface area contributed by atoms with Gasteiger partial charge in [-0.1, -0.05) is 11.6 Å². The molecule has 0 amide bonds. The highest BCUT2D eigenvalue weighted by Crippen LogP contribution is 2.50. The Balaban J connectivity index is 2.00. The average molecular weight is 329 g/mol. The number of aliphatic hydroxyl groups excluding tert-OH is 1. The second-order valence-electron chi connectivity index (χ2n) is 6.05. The number of aromatic nitrogens is 2. The minimum atomic E-state index is -0.658. The summed E-state index contributed by atoms with van der Waals surface area (Å²) in [7, 11) is 1.32. The van der Waals surface area contributed by atoms with Crippen LogP contribution in [0.25, 0.3) is 0 Å². The van der Waals surface area contributed by atoms with Gasteiger partial charge in [-0.05, 0) is 36.0 Å². The standard InChI is InChI=1S/C13H17ClN4O4/c1-17-13(20)9(14)11(12(16-17)18(21)22)15-10-7-3-2-6(4-7)8(10)5-19/h6-8,10,15,19H,2-5H2,1H3/t6-,7+,8+,10-/m0/s1. The van der Waals surface area contributed by atoms with Crippen molar-refractivity contribution in [2.24, 2.45) is 24.8 Å². The topological polar surface area (TPSA) is 110 Å². The number of fused-ring (bicyclic) bond motifs is 2. The fraction of sp³-hybridized carbons (Fsp3) is 0.692. The van der Waals surface area contributed by atoms with Gasteiger partial charge in [-0.2, -0.15) is 0 Å². The number of aliphatic hydroxyl groups is 1. The molecule has 0 spiro atoms. The molecule has 2 bridgehead atoms. The molecule has 0 saturated heterocycles. The van der Waals surface area contributed by atoms with E-state index in [1.807, 2.05) is 0 Å². The SMILES string of the molecule is Cn1nc([N+](=O)[O-])c(N[C@H]2[C@@H]3CC[C@@H](C3)[C@H]2CO)c(Cl)c1=O. The van der Waals surface area contributed by atoms with E-state index in [1.165, 1.54) is 7.05 Å². The van der Waals surface area contributed by atoms with E-state index in [-0.39, 0.29) is 29.3 Å². The number of nitrogens with one attached hydrogen (secondary N) is 1. The van der Waals surface area contributed by atoms with Gasteiger partial charge in [0.2, 0.25) is 0 Å². The van der Waals surface area contributed by atoms with Gasteiger partial charge >= 0.3 is 11.4 Å².